The highest BCUT2D eigenvalue weighted by Crippen LogP contribution is 2.30. The molecule has 0 saturated carbocycles. The van der Waals surface area contributed by atoms with Crippen molar-refractivity contribution in [3.8, 4) is 0 Å². The van der Waals surface area contributed by atoms with E-state index in [1.54, 1.807) is 0 Å². The van der Waals surface area contributed by atoms with Gasteiger partial charge in [0.25, 0.3) is 0 Å². The van der Waals surface area contributed by atoms with E-state index >= 15 is 0 Å². The van der Waals surface area contributed by atoms with E-state index in [2.05, 4.69) is 23.7 Å². The predicted molar refractivity (Wildman–Crippen MR) is 78.5 cm³/mol. The van der Waals surface area contributed by atoms with Crippen LogP contribution in [-0.2, 0) is 29.2 Å². The second-order valence-corrected chi connectivity index (χ2v) is 8.60. The van der Waals surface area contributed by atoms with Crippen LogP contribution in [0.1, 0.15) is 43.5 Å². The minimum absolute atomic E-state index is 0.100. The summed E-state index contributed by atoms with van der Waals surface area (Å²) in [6.07, 6.45) is 2.62. The molecule has 5 nitrogen and oxygen atoms in total. The van der Waals surface area contributed by atoms with Crippen LogP contribution in [-0.4, -0.2) is 36.0 Å². The number of hydrogen-bond donors (Lipinski definition) is 1. The number of sulfone groups is 1. The molecule has 20 heavy (non-hydrogen) atoms. The minimum atomic E-state index is -2.86. The highest BCUT2D eigenvalue weighted by molar-refractivity contribution is 7.91. The van der Waals surface area contributed by atoms with Crippen LogP contribution in [0.4, 0.5) is 0 Å². The van der Waals surface area contributed by atoms with Crippen molar-refractivity contribution < 1.29 is 8.42 Å². The van der Waals surface area contributed by atoms with Crippen molar-refractivity contribution in [1.29, 1.82) is 0 Å². The molecule has 0 spiro atoms. The van der Waals surface area contributed by atoms with E-state index < -0.39 is 9.84 Å². The average molecular weight is 297 g/mol. The van der Waals surface area contributed by atoms with Gasteiger partial charge in [0.05, 0.1) is 17.2 Å². The first-order chi connectivity index (χ1) is 9.46. The lowest BCUT2D eigenvalue weighted by molar-refractivity contribution is 0.483. The first kappa shape index (κ1) is 14.1. The molecule has 3 rings (SSSR count). The maximum atomic E-state index is 11.8. The Morgan fingerprint density at radius 1 is 1.45 bits per heavy atom. The first-order valence-electron chi connectivity index (χ1n) is 7.46. The van der Waals surface area contributed by atoms with Gasteiger partial charge in [-0.3, -0.25) is 0 Å². The molecule has 2 aliphatic heterocycles. The zero-order chi connectivity index (χ0) is 14.3. The predicted octanol–water partition coefficient (Wildman–Crippen LogP) is 1.09. The lowest BCUT2D eigenvalue weighted by Crippen LogP contribution is -2.26. The summed E-state index contributed by atoms with van der Waals surface area (Å²) < 4.78 is 25.8. The first-order valence-corrected chi connectivity index (χ1v) is 9.28. The number of hydrogen-bond acceptors (Lipinski definition) is 4. The van der Waals surface area contributed by atoms with Gasteiger partial charge in [-0.1, -0.05) is 13.8 Å². The van der Waals surface area contributed by atoms with Gasteiger partial charge < -0.3 is 9.88 Å². The van der Waals surface area contributed by atoms with Crippen molar-refractivity contribution in [1.82, 2.24) is 14.9 Å². The van der Waals surface area contributed by atoms with Crippen LogP contribution in [0.5, 0.6) is 0 Å². The molecule has 0 aromatic carbocycles. The van der Waals surface area contributed by atoms with E-state index in [0.29, 0.717) is 11.7 Å². The zero-order valence-corrected chi connectivity index (χ0v) is 13.0. The summed E-state index contributed by atoms with van der Waals surface area (Å²) in [5.74, 6) is 2.22. The zero-order valence-electron chi connectivity index (χ0n) is 12.2. The molecule has 1 N–H and O–H groups in total. The summed E-state index contributed by atoms with van der Waals surface area (Å²) in [4.78, 5) is 4.79. The SMILES string of the molecule is CC(C)Cc1nc2c(n1C1CCS(=O)(=O)C1)CCNC2. The Labute approximate surface area is 120 Å². The Kier molecular flexibility index (Phi) is 3.62. The van der Waals surface area contributed by atoms with Crippen molar-refractivity contribution >= 4 is 9.84 Å². The molecule has 0 amide bonds. The van der Waals surface area contributed by atoms with E-state index in [9.17, 15) is 8.42 Å². The van der Waals surface area contributed by atoms with E-state index in [1.807, 2.05) is 0 Å². The average Bonchev–Trinajstić information content (AvgIpc) is 2.88. The topological polar surface area (TPSA) is 64.0 Å². The van der Waals surface area contributed by atoms with Gasteiger partial charge in [0, 0.05) is 37.7 Å². The summed E-state index contributed by atoms with van der Waals surface area (Å²) >= 11 is 0. The molecular formula is C14H23N3O2S. The van der Waals surface area contributed by atoms with Gasteiger partial charge in [0.15, 0.2) is 9.84 Å². The molecule has 0 radical (unpaired) electrons. The van der Waals surface area contributed by atoms with Gasteiger partial charge in [-0.25, -0.2) is 13.4 Å². The molecule has 3 heterocycles. The lowest BCUT2D eigenvalue weighted by Gasteiger charge is -2.21. The lowest BCUT2D eigenvalue weighted by atomic mass is 10.1. The number of rotatable bonds is 3. The largest absolute Gasteiger partial charge is 0.328 e. The quantitative estimate of drug-likeness (QED) is 0.907. The van der Waals surface area contributed by atoms with Crippen LogP contribution in [0.15, 0.2) is 0 Å². The fourth-order valence-electron chi connectivity index (χ4n) is 3.31. The molecule has 1 saturated heterocycles. The van der Waals surface area contributed by atoms with Gasteiger partial charge in [-0.05, 0) is 12.3 Å². The standard InChI is InChI=1S/C14H23N3O2S/c1-10(2)7-14-16-12-8-15-5-3-13(12)17(14)11-4-6-20(18,19)9-11/h10-11,15H,3-9H2,1-2H3. The summed E-state index contributed by atoms with van der Waals surface area (Å²) in [7, 11) is -2.86. The van der Waals surface area contributed by atoms with Gasteiger partial charge >= 0.3 is 0 Å². The van der Waals surface area contributed by atoms with Crippen molar-refractivity contribution in [2.45, 2.75) is 45.7 Å². The molecular weight excluding hydrogens is 274 g/mol. The molecule has 1 aromatic rings. The number of nitrogens with one attached hydrogen (secondary N) is 1. The summed E-state index contributed by atoms with van der Waals surface area (Å²) in [6.45, 7) is 6.13. The monoisotopic (exact) mass is 297 g/mol. The van der Waals surface area contributed by atoms with E-state index in [4.69, 9.17) is 4.98 Å². The molecule has 0 aliphatic carbocycles. The smallest absolute Gasteiger partial charge is 0.152 e. The second-order valence-electron chi connectivity index (χ2n) is 6.37. The van der Waals surface area contributed by atoms with Crippen molar-refractivity contribution in [2.75, 3.05) is 18.1 Å². The van der Waals surface area contributed by atoms with Crippen LogP contribution >= 0.6 is 0 Å². The second kappa shape index (κ2) is 5.15. The molecule has 1 aromatic heterocycles. The Balaban J connectivity index is 2.00. The fourth-order valence-corrected chi connectivity index (χ4v) is 5.01. The van der Waals surface area contributed by atoms with E-state index in [0.717, 1.165) is 43.9 Å². The number of imidazole rings is 1. The van der Waals surface area contributed by atoms with Crippen LogP contribution in [0, 0.1) is 5.92 Å². The fraction of sp³-hybridized carbons (Fsp3) is 0.786. The number of aromatic nitrogens is 2. The molecule has 6 heteroatoms. The minimum Gasteiger partial charge on any atom is -0.328 e. The van der Waals surface area contributed by atoms with Crippen molar-refractivity contribution in [3.63, 3.8) is 0 Å². The molecule has 1 atom stereocenters. The van der Waals surface area contributed by atoms with Crippen LogP contribution in [0.3, 0.4) is 0 Å². The normalized spacial score (nSPS) is 25.1. The third-order valence-electron chi connectivity index (χ3n) is 4.16. The summed E-state index contributed by atoms with van der Waals surface area (Å²) in [5.41, 5.74) is 2.39. The molecule has 112 valence electrons. The molecule has 2 aliphatic rings. The van der Waals surface area contributed by atoms with Gasteiger partial charge in [-0.15, -0.1) is 0 Å². The van der Waals surface area contributed by atoms with Gasteiger partial charge in [0.2, 0.25) is 0 Å². The van der Waals surface area contributed by atoms with Crippen LogP contribution in [0.25, 0.3) is 0 Å². The molecule has 1 unspecified atom stereocenters. The highest BCUT2D eigenvalue weighted by atomic mass is 32.2. The Morgan fingerprint density at radius 2 is 2.25 bits per heavy atom. The number of fused-ring (bicyclic) bond motifs is 1. The Bertz CT molecular complexity index is 604. The number of nitrogens with zero attached hydrogens (tertiary/aromatic N) is 2. The summed E-state index contributed by atoms with van der Waals surface area (Å²) in [6, 6.07) is 0.100. The maximum absolute atomic E-state index is 11.8. The highest BCUT2D eigenvalue weighted by Gasteiger charge is 2.33. The van der Waals surface area contributed by atoms with Crippen LogP contribution in [0.2, 0.25) is 0 Å². The van der Waals surface area contributed by atoms with Gasteiger partial charge in [-0.2, -0.15) is 0 Å². The van der Waals surface area contributed by atoms with Crippen LogP contribution < -0.4 is 5.32 Å². The Hall–Kier alpha value is -0.880. The molecule has 1 fully saturated rings. The van der Waals surface area contributed by atoms with E-state index in [-0.39, 0.29) is 11.8 Å². The maximum Gasteiger partial charge on any atom is 0.152 e. The summed E-state index contributed by atoms with van der Waals surface area (Å²) in [5, 5.41) is 3.35. The third kappa shape index (κ3) is 2.63. The van der Waals surface area contributed by atoms with Crippen molar-refractivity contribution in [3.05, 3.63) is 17.2 Å². The molecule has 0 bridgehead atoms. The Morgan fingerprint density at radius 3 is 2.90 bits per heavy atom. The van der Waals surface area contributed by atoms with Gasteiger partial charge in [0.1, 0.15) is 5.82 Å². The third-order valence-corrected chi connectivity index (χ3v) is 5.91. The van der Waals surface area contributed by atoms with Crippen molar-refractivity contribution in [2.24, 2.45) is 5.92 Å². The van der Waals surface area contributed by atoms with E-state index in [1.165, 1.54) is 5.69 Å².